The molecule has 1 aliphatic rings. The molecule has 1 atom stereocenters. The molecule has 0 saturated carbocycles. The van der Waals surface area contributed by atoms with Crippen molar-refractivity contribution in [3.63, 3.8) is 0 Å². The first-order chi connectivity index (χ1) is 13.5. The molecule has 3 N–H and O–H groups in total. The third kappa shape index (κ3) is 3.17. The van der Waals surface area contributed by atoms with Crippen molar-refractivity contribution >= 4 is 28.1 Å². The van der Waals surface area contributed by atoms with E-state index in [9.17, 15) is 29.7 Å². The van der Waals surface area contributed by atoms with E-state index in [0.717, 1.165) is 12.5 Å². The van der Waals surface area contributed by atoms with Gasteiger partial charge in [0, 0.05) is 23.3 Å². The van der Waals surface area contributed by atoms with Crippen LogP contribution in [0.15, 0.2) is 23.8 Å². The molecule has 7 heteroatoms. The lowest BCUT2D eigenvalue weighted by molar-refractivity contribution is -0.119. The van der Waals surface area contributed by atoms with Gasteiger partial charge in [-0.3, -0.25) is 14.4 Å². The third-order valence-electron chi connectivity index (χ3n) is 4.96. The largest absolute Gasteiger partial charge is 0.507 e. The molecular formula is C22H22O7. The van der Waals surface area contributed by atoms with E-state index < -0.39 is 40.9 Å². The maximum Gasteiger partial charge on any atom is 0.207 e. The summed E-state index contributed by atoms with van der Waals surface area (Å²) in [5.74, 6) is -3.45. The van der Waals surface area contributed by atoms with Gasteiger partial charge < -0.3 is 20.1 Å². The van der Waals surface area contributed by atoms with Crippen molar-refractivity contribution in [3.8, 4) is 17.2 Å². The fourth-order valence-electron chi connectivity index (χ4n) is 3.67. The Morgan fingerprint density at radius 1 is 1.03 bits per heavy atom. The van der Waals surface area contributed by atoms with Crippen LogP contribution in [-0.2, 0) is 4.79 Å². The average Bonchev–Trinajstić information content (AvgIpc) is 2.58. The van der Waals surface area contributed by atoms with Crippen LogP contribution in [0, 0.1) is 6.92 Å². The van der Waals surface area contributed by atoms with Crippen LogP contribution >= 0.6 is 0 Å². The predicted molar refractivity (Wildman–Crippen MR) is 106 cm³/mol. The zero-order valence-corrected chi connectivity index (χ0v) is 16.6. The number of hydrogen-bond donors (Lipinski definition) is 3. The highest BCUT2D eigenvalue weighted by atomic mass is 16.5. The third-order valence-corrected chi connectivity index (χ3v) is 4.96. The molecule has 3 rings (SSSR count). The molecular weight excluding hydrogens is 376 g/mol. The zero-order valence-electron chi connectivity index (χ0n) is 16.6. The first-order valence-corrected chi connectivity index (χ1v) is 9.08. The number of hydrogen-bond acceptors (Lipinski definition) is 7. The second kappa shape index (κ2) is 7.00. The topological polar surface area (TPSA) is 121 Å². The molecule has 0 aliphatic heterocycles. The Morgan fingerprint density at radius 2 is 1.59 bits per heavy atom. The maximum absolute atomic E-state index is 13.0. The van der Waals surface area contributed by atoms with E-state index >= 15 is 0 Å². The van der Waals surface area contributed by atoms with Gasteiger partial charge in [0.05, 0.1) is 11.1 Å². The minimum absolute atomic E-state index is 0.0120. The number of ether oxygens (including phenoxy) is 1. The summed E-state index contributed by atoms with van der Waals surface area (Å²) in [6.07, 6.45) is 1.07. The van der Waals surface area contributed by atoms with Crippen molar-refractivity contribution in [2.24, 2.45) is 0 Å². The zero-order chi connectivity index (χ0) is 21.7. The molecule has 2 aromatic carbocycles. The van der Waals surface area contributed by atoms with Crippen LogP contribution in [0.4, 0.5) is 0 Å². The summed E-state index contributed by atoms with van der Waals surface area (Å²) in [6.45, 7) is 6.80. The van der Waals surface area contributed by atoms with Gasteiger partial charge in [0.15, 0.2) is 5.60 Å². The van der Waals surface area contributed by atoms with Gasteiger partial charge in [0.2, 0.25) is 11.6 Å². The molecule has 0 amide bonds. The molecule has 0 bridgehead atoms. The summed E-state index contributed by atoms with van der Waals surface area (Å²) in [4.78, 5) is 37.6. The Kier molecular flexibility index (Phi) is 4.96. The minimum Gasteiger partial charge on any atom is -0.507 e. The van der Waals surface area contributed by atoms with Gasteiger partial charge in [-0.15, -0.1) is 0 Å². The molecule has 0 aromatic heterocycles. The average molecular weight is 398 g/mol. The molecule has 2 aromatic rings. The van der Waals surface area contributed by atoms with Gasteiger partial charge in [-0.2, -0.15) is 0 Å². The minimum atomic E-state index is -2.68. The predicted octanol–water partition coefficient (Wildman–Crippen LogP) is 2.99. The van der Waals surface area contributed by atoms with Gasteiger partial charge in [-0.1, -0.05) is 5.57 Å². The highest BCUT2D eigenvalue weighted by Gasteiger charge is 2.52. The van der Waals surface area contributed by atoms with Crippen molar-refractivity contribution < 1.29 is 34.4 Å². The Balaban J connectivity index is 2.36. The van der Waals surface area contributed by atoms with Crippen LogP contribution in [0.3, 0.4) is 0 Å². The molecule has 0 fully saturated rings. The van der Waals surface area contributed by atoms with E-state index in [1.165, 1.54) is 12.1 Å². The summed E-state index contributed by atoms with van der Waals surface area (Å²) in [6, 6.07) is 2.57. The number of aromatic hydroxyl groups is 2. The summed E-state index contributed by atoms with van der Waals surface area (Å²) in [5.41, 5.74) is -1.77. The van der Waals surface area contributed by atoms with Gasteiger partial charge in [-0.25, -0.2) is 0 Å². The SMILES string of the molecule is CC(=O)CC1(O)C(=O)c2c(O)cc(C)c3c(OCC=C(C)C)cc(O)c(c23)C1=O. The second-order valence-corrected chi connectivity index (χ2v) is 7.60. The smallest absolute Gasteiger partial charge is 0.207 e. The van der Waals surface area contributed by atoms with E-state index in [4.69, 9.17) is 4.74 Å². The molecule has 29 heavy (non-hydrogen) atoms. The Labute approximate surface area is 167 Å². The summed E-state index contributed by atoms with van der Waals surface area (Å²) in [5, 5.41) is 32.2. The summed E-state index contributed by atoms with van der Waals surface area (Å²) >= 11 is 0. The fraction of sp³-hybridized carbons (Fsp3) is 0.318. The van der Waals surface area contributed by atoms with E-state index in [1.54, 1.807) is 6.92 Å². The number of phenolic OH excluding ortho intramolecular Hbond substituents is 2. The number of rotatable bonds is 5. The van der Waals surface area contributed by atoms with Crippen LogP contribution < -0.4 is 4.74 Å². The van der Waals surface area contributed by atoms with E-state index in [2.05, 4.69) is 0 Å². The van der Waals surface area contributed by atoms with E-state index in [-0.39, 0.29) is 28.9 Å². The first kappa shape index (κ1) is 20.5. The number of aryl methyl sites for hydroxylation is 1. The van der Waals surface area contributed by atoms with E-state index in [0.29, 0.717) is 10.9 Å². The van der Waals surface area contributed by atoms with Crippen molar-refractivity contribution in [2.75, 3.05) is 6.61 Å². The number of Topliss-reactive ketones (excluding diaryl/α,β-unsaturated/α-hetero) is 3. The van der Waals surface area contributed by atoms with Crippen molar-refractivity contribution in [1.29, 1.82) is 0 Å². The van der Waals surface area contributed by atoms with Crippen molar-refractivity contribution in [1.82, 2.24) is 0 Å². The number of carbonyl (C=O) groups is 3. The lowest BCUT2D eigenvalue weighted by Crippen LogP contribution is -2.50. The number of phenols is 2. The van der Waals surface area contributed by atoms with Crippen LogP contribution in [0.25, 0.3) is 10.8 Å². The van der Waals surface area contributed by atoms with Crippen molar-refractivity contribution in [2.45, 2.75) is 39.7 Å². The summed E-state index contributed by atoms with van der Waals surface area (Å²) < 4.78 is 5.74. The van der Waals surface area contributed by atoms with Gasteiger partial charge in [-0.05, 0) is 45.4 Å². The fourth-order valence-corrected chi connectivity index (χ4v) is 3.67. The Morgan fingerprint density at radius 3 is 2.10 bits per heavy atom. The molecule has 0 spiro atoms. The summed E-state index contributed by atoms with van der Waals surface area (Å²) in [7, 11) is 0. The van der Waals surface area contributed by atoms with Crippen LogP contribution in [-0.4, -0.2) is 44.9 Å². The van der Waals surface area contributed by atoms with Crippen LogP contribution in [0.2, 0.25) is 0 Å². The first-order valence-electron chi connectivity index (χ1n) is 9.08. The lowest BCUT2D eigenvalue weighted by Gasteiger charge is -2.31. The Bertz CT molecular complexity index is 1080. The van der Waals surface area contributed by atoms with Crippen LogP contribution in [0.1, 0.15) is 53.5 Å². The van der Waals surface area contributed by atoms with Gasteiger partial charge in [0.1, 0.15) is 29.6 Å². The van der Waals surface area contributed by atoms with Crippen molar-refractivity contribution in [3.05, 3.63) is 40.5 Å². The lowest BCUT2D eigenvalue weighted by atomic mass is 9.73. The standard InChI is InChI=1S/C22H22O7/c1-10(2)5-6-29-15-8-14(25)18-19-16(15)11(3)7-13(24)17(19)20(26)22(28,21(18)27)9-12(4)23/h5,7-8,24-25,28H,6,9H2,1-4H3. The molecule has 1 aliphatic carbocycles. The molecule has 0 radical (unpaired) electrons. The molecule has 1 unspecified atom stereocenters. The van der Waals surface area contributed by atoms with Gasteiger partial charge in [0.25, 0.3) is 0 Å². The maximum atomic E-state index is 13.0. The van der Waals surface area contributed by atoms with Crippen LogP contribution in [0.5, 0.6) is 17.2 Å². The Hall–Kier alpha value is -3.19. The highest BCUT2D eigenvalue weighted by molar-refractivity contribution is 6.36. The number of allylic oxidation sites excluding steroid dienone is 1. The number of benzene rings is 2. The van der Waals surface area contributed by atoms with E-state index in [1.807, 2.05) is 19.9 Å². The number of aliphatic hydroxyl groups is 1. The second-order valence-electron chi connectivity index (χ2n) is 7.60. The molecule has 7 nitrogen and oxygen atoms in total. The quantitative estimate of drug-likeness (QED) is 0.523. The molecule has 152 valence electrons. The molecule has 0 saturated heterocycles. The highest BCUT2D eigenvalue weighted by Crippen LogP contribution is 2.47. The monoisotopic (exact) mass is 398 g/mol. The molecule has 0 heterocycles. The number of carbonyl (C=O) groups excluding carboxylic acids is 3. The normalized spacial score (nSPS) is 18.1. The number of ketones is 3. The van der Waals surface area contributed by atoms with Gasteiger partial charge >= 0.3 is 0 Å².